The topological polar surface area (TPSA) is 43.4 Å². The highest BCUT2D eigenvalue weighted by Crippen LogP contribution is 2.47. The van der Waals surface area contributed by atoms with Crippen LogP contribution in [0.15, 0.2) is 0 Å². The van der Waals surface area contributed by atoms with Crippen LogP contribution in [-0.2, 0) is 14.6 Å². The molecule has 0 amide bonds. The van der Waals surface area contributed by atoms with E-state index in [1.807, 2.05) is 0 Å². The highest BCUT2D eigenvalue weighted by atomic mass is 32.2. The van der Waals surface area contributed by atoms with Crippen molar-refractivity contribution in [1.29, 1.82) is 0 Å². The number of sulfone groups is 1. The van der Waals surface area contributed by atoms with Crippen LogP contribution in [0.3, 0.4) is 0 Å². The zero-order valence-electron chi connectivity index (χ0n) is 9.09. The smallest absolute Gasteiger partial charge is 0.321 e. The zero-order valence-corrected chi connectivity index (χ0v) is 9.90. The van der Waals surface area contributed by atoms with Crippen molar-refractivity contribution in [2.75, 3.05) is 6.61 Å². The molecule has 1 aliphatic carbocycles. The van der Waals surface area contributed by atoms with Crippen molar-refractivity contribution in [2.24, 2.45) is 0 Å². The number of alkyl halides is 2. The molecule has 90 valence electrons. The van der Waals surface area contributed by atoms with Crippen LogP contribution < -0.4 is 0 Å². The van der Waals surface area contributed by atoms with Crippen LogP contribution in [0.25, 0.3) is 0 Å². The van der Waals surface area contributed by atoms with Gasteiger partial charge in [0, 0.05) is 0 Å². The summed E-state index contributed by atoms with van der Waals surface area (Å²) < 4.78 is 49.9. The highest BCUT2D eigenvalue weighted by Gasteiger charge is 2.56. The molecule has 0 aromatic carbocycles. The molecule has 1 rings (SSSR count). The van der Waals surface area contributed by atoms with Gasteiger partial charge >= 0.3 is 6.61 Å². The Morgan fingerprint density at radius 1 is 1.40 bits per heavy atom. The van der Waals surface area contributed by atoms with E-state index in [4.69, 9.17) is 0 Å². The van der Waals surface area contributed by atoms with Crippen molar-refractivity contribution < 1.29 is 21.9 Å². The number of hydrogen-bond donors (Lipinski definition) is 0. The Morgan fingerprint density at radius 3 is 2.20 bits per heavy atom. The predicted molar refractivity (Wildman–Crippen MR) is 52.6 cm³/mol. The second kappa shape index (κ2) is 3.66. The van der Waals surface area contributed by atoms with E-state index in [9.17, 15) is 17.2 Å². The summed E-state index contributed by atoms with van der Waals surface area (Å²) >= 11 is 0. The maximum absolute atomic E-state index is 12.0. The van der Waals surface area contributed by atoms with E-state index >= 15 is 0 Å². The van der Waals surface area contributed by atoms with Gasteiger partial charge in [0.1, 0.15) is 0 Å². The highest BCUT2D eigenvalue weighted by molar-refractivity contribution is 7.94. The van der Waals surface area contributed by atoms with Gasteiger partial charge in [-0.15, -0.1) is 0 Å². The minimum absolute atomic E-state index is 0.470. The Balaban J connectivity index is 2.77. The minimum Gasteiger partial charge on any atom is -0.321 e. The van der Waals surface area contributed by atoms with Crippen LogP contribution >= 0.6 is 0 Å². The predicted octanol–water partition coefficient (Wildman–Crippen LogP) is 1.97. The second-order valence-electron chi connectivity index (χ2n) is 4.78. The fraction of sp³-hybridized carbons (Fsp3) is 1.00. The molecule has 6 heteroatoms. The van der Waals surface area contributed by atoms with Crippen LogP contribution in [0.1, 0.15) is 33.6 Å². The van der Waals surface area contributed by atoms with Crippen LogP contribution in [-0.4, -0.2) is 31.1 Å². The molecule has 0 N–H and O–H groups in total. The van der Waals surface area contributed by atoms with Gasteiger partial charge in [0.05, 0.1) is 16.1 Å². The third-order valence-electron chi connectivity index (χ3n) is 2.89. The molecular formula is C9H16F2O3S. The van der Waals surface area contributed by atoms with Gasteiger partial charge < -0.3 is 4.74 Å². The van der Waals surface area contributed by atoms with E-state index in [1.54, 1.807) is 6.92 Å². The summed E-state index contributed by atoms with van der Waals surface area (Å²) in [5.41, 5.74) is 0. The zero-order chi connectivity index (χ0) is 11.9. The maximum atomic E-state index is 12.0. The van der Waals surface area contributed by atoms with E-state index < -0.39 is 32.5 Å². The maximum Gasteiger partial charge on any atom is 0.345 e. The van der Waals surface area contributed by atoms with Crippen LogP contribution in [0.2, 0.25) is 0 Å². The molecular weight excluding hydrogens is 226 g/mol. The SMILES string of the molecule is CC(C)(COC(F)F)S(=O)(=O)C1(C)CC1. The van der Waals surface area contributed by atoms with Crippen LogP contribution in [0.4, 0.5) is 8.78 Å². The summed E-state index contributed by atoms with van der Waals surface area (Å²) in [6, 6.07) is 0. The first-order chi connectivity index (χ1) is 6.62. The number of rotatable bonds is 5. The molecule has 1 aliphatic rings. The number of halogens is 2. The lowest BCUT2D eigenvalue weighted by molar-refractivity contribution is -0.133. The molecule has 1 saturated carbocycles. The number of hydrogen-bond acceptors (Lipinski definition) is 3. The fourth-order valence-corrected chi connectivity index (χ4v) is 3.65. The molecule has 0 aromatic heterocycles. The Bertz CT molecular complexity index is 331. The molecule has 0 atom stereocenters. The minimum atomic E-state index is -3.42. The summed E-state index contributed by atoms with van der Waals surface area (Å²) in [5, 5.41) is 0. The molecule has 15 heavy (non-hydrogen) atoms. The lowest BCUT2D eigenvalue weighted by Gasteiger charge is -2.28. The van der Waals surface area contributed by atoms with Crippen molar-refractivity contribution in [1.82, 2.24) is 0 Å². The van der Waals surface area contributed by atoms with E-state index in [1.165, 1.54) is 13.8 Å². The Kier molecular flexibility index (Phi) is 3.13. The molecule has 0 heterocycles. The normalized spacial score (nSPS) is 20.7. The van der Waals surface area contributed by atoms with Crippen LogP contribution in [0.5, 0.6) is 0 Å². The van der Waals surface area contributed by atoms with Gasteiger partial charge in [-0.05, 0) is 33.6 Å². The monoisotopic (exact) mass is 242 g/mol. The van der Waals surface area contributed by atoms with Gasteiger partial charge in [-0.25, -0.2) is 8.42 Å². The molecule has 0 aromatic rings. The van der Waals surface area contributed by atoms with Crippen molar-refractivity contribution >= 4 is 9.84 Å². The molecule has 0 aliphatic heterocycles. The quantitative estimate of drug-likeness (QED) is 0.740. The van der Waals surface area contributed by atoms with Crippen molar-refractivity contribution in [2.45, 2.75) is 49.7 Å². The fourth-order valence-electron chi connectivity index (χ4n) is 1.45. The molecule has 3 nitrogen and oxygen atoms in total. The average Bonchev–Trinajstić information content (AvgIpc) is 2.81. The summed E-state index contributed by atoms with van der Waals surface area (Å²) in [6.07, 6.45) is 1.21. The van der Waals surface area contributed by atoms with Crippen molar-refractivity contribution in [3.05, 3.63) is 0 Å². The lowest BCUT2D eigenvalue weighted by atomic mass is 10.2. The van der Waals surface area contributed by atoms with Gasteiger partial charge in [0.25, 0.3) is 0 Å². The molecule has 0 bridgehead atoms. The lowest BCUT2D eigenvalue weighted by Crippen LogP contribution is -2.43. The first-order valence-corrected chi connectivity index (χ1v) is 6.25. The Labute approximate surface area is 88.7 Å². The third-order valence-corrected chi connectivity index (χ3v) is 6.17. The van der Waals surface area contributed by atoms with Gasteiger partial charge in [0.15, 0.2) is 9.84 Å². The molecule has 0 spiro atoms. The molecule has 0 saturated heterocycles. The first-order valence-electron chi connectivity index (χ1n) is 4.76. The van der Waals surface area contributed by atoms with Gasteiger partial charge in [0.2, 0.25) is 0 Å². The van der Waals surface area contributed by atoms with Gasteiger partial charge in [-0.2, -0.15) is 8.78 Å². The first kappa shape index (κ1) is 12.8. The van der Waals surface area contributed by atoms with Gasteiger partial charge in [-0.1, -0.05) is 0 Å². The summed E-state index contributed by atoms with van der Waals surface area (Å²) in [5.74, 6) is 0. The van der Waals surface area contributed by atoms with Gasteiger partial charge in [-0.3, -0.25) is 0 Å². The summed E-state index contributed by atoms with van der Waals surface area (Å²) in [7, 11) is -3.42. The van der Waals surface area contributed by atoms with Crippen LogP contribution in [0, 0.1) is 0 Å². The van der Waals surface area contributed by atoms with E-state index in [0.717, 1.165) is 0 Å². The summed E-state index contributed by atoms with van der Waals surface area (Å²) in [4.78, 5) is 0. The van der Waals surface area contributed by atoms with Crippen molar-refractivity contribution in [3.8, 4) is 0 Å². The second-order valence-corrected chi connectivity index (χ2v) is 7.88. The Hall–Kier alpha value is -0.230. The Morgan fingerprint density at radius 2 is 1.87 bits per heavy atom. The molecule has 1 fully saturated rings. The third kappa shape index (κ3) is 2.30. The van der Waals surface area contributed by atoms with E-state index in [-0.39, 0.29) is 0 Å². The largest absolute Gasteiger partial charge is 0.345 e. The number of ether oxygens (including phenoxy) is 1. The van der Waals surface area contributed by atoms with Crippen molar-refractivity contribution in [3.63, 3.8) is 0 Å². The standard InChI is InChI=1S/C9H16F2O3S/c1-8(2,6-14-7(10)11)15(12,13)9(3)4-5-9/h7H,4-6H2,1-3H3. The average molecular weight is 242 g/mol. The molecule has 0 unspecified atom stereocenters. The van der Waals surface area contributed by atoms with E-state index in [0.29, 0.717) is 12.8 Å². The molecule has 0 radical (unpaired) electrons. The van der Waals surface area contributed by atoms with E-state index in [2.05, 4.69) is 4.74 Å². The summed E-state index contributed by atoms with van der Waals surface area (Å²) in [6.45, 7) is 1.10.